The van der Waals surface area contributed by atoms with Crippen molar-refractivity contribution in [1.29, 1.82) is 0 Å². The molecular formula is C13H28. The van der Waals surface area contributed by atoms with Gasteiger partial charge in [0.25, 0.3) is 0 Å². The van der Waals surface area contributed by atoms with Crippen LogP contribution in [-0.4, -0.2) is 0 Å². The Morgan fingerprint density at radius 2 is 0.308 bits per heavy atom. The third-order valence-electron chi connectivity index (χ3n) is 3.00. The van der Waals surface area contributed by atoms with Gasteiger partial charge in [-0.2, -0.15) is 0 Å². The van der Waals surface area contributed by atoms with Crippen LogP contribution in [0.25, 0.3) is 0 Å². The second kappa shape index (κ2) is 10.1. The summed E-state index contributed by atoms with van der Waals surface area (Å²) in [5, 5.41) is 0. The van der Waals surface area contributed by atoms with Gasteiger partial charge in [0, 0.05) is 0 Å². The summed E-state index contributed by atoms with van der Waals surface area (Å²) in [6, 6.07) is 0. The Kier molecular flexibility index (Phi) is 10.1. The van der Waals surface area contributed by atoms with Crippen molar-refractivity contribution in [1.82, 2.24) is 0 Å². The Balaban J connectivity index is 0.000000160. The Labute approximate surface area is 85.1 Å². The third-order valence-corrected chi connectivity index (χ3v) is 3.00. The Morgan fingerprint density at radius 3 is 0.308 bits per heavy atom. The second-order valence-electron chi connectivity index (χ2n) is 4.24. The quantitative estimate of drug-likeness (QED) is 0.478. The molecule has 13 heavy (non-hydrogen) atoms. The van der Waals surface area contributed by atoms with Crippen molar-refractivity contribution in [2.75, 3.05) is 0 Å². The molecule has 0 bridgehead atoms. The van der Waals surface area contributed by atoms with Gasteiger partial charge < -0.3 is 0 Å². The van der Waals surface area contributed by atoms with Crippen molar-refractivity contribution in [3.63, 3.8) is 0 Å². The van der Waals surface area contributed by atoms with Gasteiger partial charge in [0.15, 0.2) is 0 Å². The van der Waals surface area contributed by atoms with E-state index in [4.69, 9.17) is 0 Å². The monoisotopic (exact) mass is 184 g/mol. The average Bonchev–Trinajstić information content (AvgIpc) is 1.41. The van der Waals surface area contributed by atoms with Crippen LogP contribution in [0.4, 0.5) is 0 Å². The van der Waals surface area contributed by atoms with Crippen molar-refractivity contribution < 1.29 is 0 Å². The van der Waals surface area contributed by atoms with E-state index >= 15 is 0 Å². The van der Waals surface area contributed by atoms with Crippen LogP contribution in [0.15, 0.2) is 0 Å². The number of rotatable bonds is 0. The van der Waals surface area contributed by atoms with E-state index in [2.05, 4.69) is 0 Å². The fourth-order valence-electron chi connectivity index (χ4n) is 0.750. The Morgan fingerprint density at radius 1 is 0.231 bits per heavy atom. The van der Waals surface area contributed by atoms with Crippen LogP contribution in [-0.2, 0) is 0 Å². The fourth-order valence-corrected chi connectivity index (χ4v) is 0.750. The summed E-state index contributed by atoms with van der Waals surface area (Å²) in [4.78, 5) is 0. The van der Waals surface area contributed by atoms with Crippen molar-refractivity contribution in [2.45, 2.75) is 84.5 Å². The van der Waals surface area contributed by atoms with E-state index in [1.54, 1.807) is 0 Å². The largest absolute Gasteiger partial charge is 0.0776 e. The highest BCUT2D eigenvalue weighted by atomic mass is 14.0. The minimum Gasteiger partial charge on any atom is -0.0776 e. The molecule has 80 valence electrons. The van der Waals surface area contributed by atoms with E-state index < -0.39 is 0 Å². The number of hydrogen-bond donors (Lipinski definition) is 0. The molecule has 0 aromatic rings. The van der Waals surface area contributed by atoms with Crippen LogP contribution in [0.2, 0.25) is 0 Å². The molecule has 0 nitrogen and oxygen atoms in total. The first kappa shape index (κ1) is 13.0. The van der Waals surface area contributed by atoms with E-state index in [0.29, 0.717) is 0 Å². The molecule has 0 amide bonds. The average molecular weight is 184 g/mol. The van der Waals surface area contributed by atoms with Gasteiger partial charge in [-0.15, -0.1) is 0 Å². The van der Waals surface area contributed by atoms with Crippen LogP contribution in [0.3, 0.4) is 0 Å². The van der Waals surface area contributed by atoms with Gasteiger partial charge >= 0.3 is 0 Å². The van der Waals surface area contributed by atoms with Gasteiger partial charge in [-0.05, 0) is 0 Å². The molecule has 0 spiro atoms. The maximum atomic E-state index is 1.50. The van der Waals surface area contributed by atoms with E-state index in [1.165, 1.54) is 77.0 Å². The van der Waals surface area contributed by atoms with E-state index in [9.17, 15) is 0 Å². The maximum Gasteiger partial charge on any atom is -0.0533 e. The standard InChI is InChI=1S/3C4H8.CH4/c3*1-2-4-3-1;/h3*1-4H2;1H4. The normalized spacial score (nSPS) is 22.2. The smallest absolute Gasteiger partial charge is 0.0533 e. The minimum absolute atomic E-state index is 0. The molecule has 0 N–H and O–H groups in total. The van der Waals surface area contributed by atoms with Gasteiger partial charge in [-0.25, -0.2) is 0 Å². The van der Waals surface area contributed by atoms with Crippen LogP contribution in [0.1, 0.15) is 84.5 Å². The van der Waals surface area contributed by atoms with Gasteiger partial charge in [-0.1, -0.05) is 84.5 Å². The molecule has 0 aliphatic heterocycles. The zero-order chi connectivity index (χ0) is 8.49. The number of hydrogen-bond acceptors (Lipinski definition) is 0. The molecule has 0 atom stereocenters. The zero-order valence-electron chi connectivity index (χ0n) is 8.49. The first-order chi connectivity index (χ1) is 6.00. The summed E-state index contributed by atoms with van der Waals surface area (Å²) in [5.41, 5.74) is 0. The molecular weight excluding hydrogens is 156 g/mol. The Bertz CT molecular complexity index is 43.0. The fraction of sp³-hybridized carbons (Fsp3) is 1.00. The van der Waals surface area contributed by atoms with Gasteiger partial charge in [0.05, 0.1) is 0 Å². The molecule has 0 heterocycles. The van der Waals surface area contributed by atoms with Crippen LogP contribution in [0.5, 0.6) is 0 Å². The Hall–Kier alpha value is 0. The topological polar surface area (TPSA) is 0 Å². The summed E-state index contributed by atoms with van der Waals surface area (Å²) in [6.07, 6.45) is 18.0. The highest BCUT2D eigenvalue weighted by molar-refractivity contribution is 4.51. The molecule has 0 heteroatoms. The van der Waals surface area contributed by atoms with Crippen LogP contribution < -0.4 is 0 Å². The lowest BCUT2D eigenvalue weighted by atomic mass is 10.0. The van der Waals surface area contributed by atoms with E-state index in [-0.39, 0.29) is 7.43 Å². The minimum atomic E-state index is 0. The van der Waals surface area contributed by atoms with Crippen molar-refractivity contribution in [3.8, 4) is 0 Å². The van der Waals surface area contributed by atoms with E-state index in [1.807, 2.05) is 0 Å². The molecule has 3 aliphatic carbocycles. The van der Waals surface area contributed by atoms with Crippen molar-refractivity contribution >= 4 is 0 Å². The molecule has 0 unspecified atom stereocenters. The lowest BCUT2D eigenvalue weighted by Gasteiger charge is -2.05. The van der Waals surface area contributed by atoms with Crippen LogP contribution in [0, 0.1) is 0 Å². The SMILES string of the molecule is C.C1CCC1.C1CCC1.C1CCC1. The summed E-state index contributed by atoms with van der Waals surface area (Å²) < 4.78 is 0. The lowest BCUT2D eigenvalue weighted by Crippen LogP contribution is -1.85. The third kappa shape index (κ3) is 8.33. The summed E-state index contributed by atoms with van der Waals surface area (Å²) >= 11 is 0. The molecule has 3 saturated carbocycles. The maximum absolute atomic E-state index is 1.50. The molecule has 3 aliphatic rings. The van der Waals surface area contributed by atoms with Crippen LogP contribution >= 0.6 is 0 Å². The highest BCUT2D eigenvalue weighted by Gasteiger charge is 1.96. The molecule has 0 aromatic heterocycles. The molecule has 3 fully saturated rings. The van der Waals surface area contributed by atoms with Crippen molar-refractivity contribution in [2.24, 2.45) is 0 Å². The first-order valence-corrected chi connectivity index (χ1v) is 6.00. The van der Waals surface area contributed by atoms with E-state index in [0.717, 1.165) is 0 Å². The molecule has 3 rings (SSSR count). The van der Waals surface area contributed by atoms with Gasteiger partial charge in [0.2, 0.25) is 0 Å². The summed E-state index contributed by atoms with van der Waals surface area (Å²) in [6.45, 7) is 0. The van der Waals surface area contributed by atoms with Crippen molar-refractivity contribution in [3.05, 3.63) is 0 Å². The summed E-state index contributed by atoms with van der Waals surface area (Å²) in [5.74, 6) is 0. The predicted octanol–water partition coefficient (Wildman–Crippen LogP) is 5.32. The first-order valence-electron chi connectivity index (χ1n) is 6.00. The predicted molar refractivity (Wildman–Crippen MR) is 62.1 cm³/mol. The zero-order valence-corrected chi connectivity index (χ0v) is 8.49. The molecule has 0 radical (unpaired) electrons. The summed E-state index contributed by atoms with van der Waals surface area (Å²) in [7, 11) is 0. The molecule has 0 saturated heterocycles. The van der Waals surface area contributed by atoms with Gasteiger partial charge in [-0.3, -0.25) is 0 Å². The highest BCUT2D eigenvalue weighted by Crippen LogP contribution is 2.15. The second-order valence-corrected chi connectivity index (χ2v) is 4.24. The lowest BCUT2D eigenvalue weighted by molar-refractivity contribution is 0.504. The molecule has 0 aromatic carbocycles. The van der Waals surface area contributed by atoms with Gasteiger partial charge in [0.1, 0.15) is 0 Å².